The van der Waals surface area contributed by atoms with Gasteiger partial charge in [0.2, 0.25) is 0 Å². The molecule has 0 unspecified atom stereocenters. The van der Waals surface area contributed by atoms with Crippen LogP contribution < -0.4 is 0 Å². The Morgan fingerprint density at radius 1 is 0.522 bits per heavy atom. The van der Waals surface area contributed by atoms with Crippen LogP contribution in [0.3, 0.4) is 0 Å². The molecule has 0 amide bonds. The van der Waals surface area contributed by atoms with E-state index in [1.54, 1.807) is 0 Å². The second-order valence-corrected chi connectivity index (χ2v) is 3.97. The van der Waals surface area contributed by atoms with Gasteiger partial charge in [-0.25, -0.2) is 0 Å². The molecule has 0 rings (SSSR count). The average molecular weight is 388 g/mol. The van der Waals surface area contributed by atoms with Crippen LogP contribution in [-0.2, 0) is 0 Å². The summed E-state index contributed by atoms with van der Waals surface area (Å²) in [7, 11) is 0. The summed E-state index contributed by atoms with van der Waals surface area (Å²) >= 11 is 0. The van der Waals surface area contributed by atoms with Gasteiger partial charge in [-0.05, 0) is 0 Å². The van der Waals surface area contributed by atoms with Gasteiger partial charge in [0, 0.05) is 13.0 Å². The molecule has 0 bridgehead atoms. The van der Waals surface area contributed by atoms with Crippen molar-refractivity contribution in [2.75, 3.05) is 6.61 Å². The van der Waals surface area contributed by atoms with Crippen LogP contribution in [0.25, 0.3) is 0 Å². The molecule has 0 atom stereocenters. The van der Waals surface area contributed by atoms with E-state index in [4.69, 9.17) is 5.11 Å². The van der Waals surface area contributed by atoms with E-state index in [1.807, 2.05) is 0 Å². The molecule has 0 aliphatic heterocycles. The molecular weight excluding hydrogens is 382 g/mol. The van der Waals surface area contributed by atoms with Crippen molar-refractivity contribution in [2.24, 2.45) is 0 Å². The van der Waals surface area contributed by atoms with E-state index in [9.17, 15) is 57.1 Å². The molecule has 136 valence electrons. The summed E-state index contributed by atoms with van der Waals surface area (Å²) in [4.78, 5) is 0. The molecular formula is C8H6F13NaO. The zero-order valence-electron chi connectivity index (χ0n) is 9.77. The van der Waals surface area contributed by atoms with Crippen LogP contribution in [-0.4, -0.2) is 77.1 Å². The van der Waals surface area contributed by atoms with E-state index in [0.717, 1.165) is 0 Å². The fourth-order valence-electron chi connectivity index (χ4n) is 1.10. The molecule has 0 spiro atoms. The minimum absolute atomic E-state index is 0. The monoisotopic (exact) mass is 388 g/mol. The molecule has 0 aromatic heterocycles. The zero-order chi connectivity index (χ0) is 18.4. The summed E-state index contributed by atoms with van der Waals surface area (Å²) < 4.78 is 161. The Morgan fingerprint density at radius 3 is 1.09 bits per heavy atom. The van der Waals surface area contributed by atoms with Crippen LogP contribution in [0.5, 0.6) is 0 Å². The summed E-state index contributed by atoms with van der Waals surface area (Å²) in [5.74, 6) is -36.9. The topological polar surface area (TPSA) is 20.2 Å². The number of halogens is 13. The minimum atomic E-state index is -7.89. The SMILES string of the molecule is OCCC(F)(F)C(F)(F)C(F)(F)C(F)(F)C(F)(F)C(F)(F)F.[NaH]. The number of rotatable bonds is 6. The van der Waals surface area contributed by atoms with Crippen molar-refractivity contribution in [1.29, 1.82) is 0 Å². The Morgan fingerprint density at radius 2 is 0.826 bits per heavy atom. The maximum absolute atomic E-state index is 12.8. The molecule has 0 saturated heterocycles. The van der Waals surface area contributed by atoms with E-state index < -0.39 is 48.8 Å². The summed E-state index contributed by atoms with van der Waals surface area (Å²) in [5.41, 5.74) is 0. The molecule has 0 radical (unpaired) electrons. The Kier molecular flexibility index (Phi) is 7.42. The van der Waals surface area contributed by atoms with E-state index in [-0.39, 0.29) is 29.6 Å². The molecule has 23 heavy (non-hydrogen) atoms. The van der Waals surface area contributed by atoms with Gasteiger partial charge in [-0.1, -0.05) is 0 Å². The van der Waals surface area contributed by atoms with E-state index in [0.29, 0.717) is 0 Å². The summed E-state index contributed by atoms with van der Waals surface area (Å²) in [6, 6.07) is 0. The molecule has 0 fully saturated rings. The van der Waals surface area contributed by atoms with Gasteiger partial charge in [0.05, 0.1) is 0 Å². The van der Waals surface area contributed by atoms with E-state index in [2.05, 4.69) is 0 Å². The summed E-state index contributed by atoms with van der Waals surface area (Å²) in [5, 5.41) is 7.95. The van der Waals surface area contributed by atoms with Gasteiger partial charge < -0.3 is 5.11 Å². The number of hydrogen-bond acceptors (Lipinski definition) is 1. The van der Waals surface area contributed by atoms with Crippen molar-refractivity contribution in [2.45, 2.75) is 42.2 Å². The van der Waals surface area contributed by atoms with Crippen molar-refractivity contribution in [1.82, 2.24) is 0 Å². The first-order valence-electron chi connectivity index (χ1n) is 4.88. The van der Waals surface area contributed by atoms with Crippen LogP contribution in [0.15, 0.2) is 0 Å². The molecule has 0 heterocycles. The number of hydrogen-bond donors (Lipinski definition) is 1. The average Bonchev–Trinajstić information content (AvgIpc) is 2.26. The van der Waals surface area contributed by atoms with Crippen LogP contribution in [0.2, 0.25) is 0 Å². The Bertz CT molecular complexity index is 401. The van der Waals surface area contributed by atoms with Gasteiger partial charge >= 0.3 is 65.3 Å². The molecule has 0 aromatic carbocycles. The predicted molar refractivity (Wildman–Crippen MR) is 49.6 cm³/mol. The third kappa shape index (κ3) is 3.68. The van der Waals surface area contributed by atoms with Gasteiger partial charge in [-0.2, -0.15) is 57.1 Å². The van der Waals surface area contributed by atoms with Crippen molar-refractivity contribution in [3.8, 4) is 0 Å². The molecule has 1 nitrogen and oxygen atoms in total. The van der Waals surface area contributed by atoms with Gasteiger partial charge in [-0.15, -0.1) is 0 Å². The van der Waals surface area contributed by atoms with Crippen LogP contribution in [0.4, 0.5) is 57.1 Å². The molecule has 15 heteroatoms. The Hall–Kier alpha value is 0.0500. The van der Waals surface area contributed by atoms with Gasteiger partial charge in [0.25, 0.3) is 0 Å². The first-order chi connectivity index (χ1) is 9.31. The fourth-order valence-corrected chi connectivity index (χ4v) is 1.10. The third-order valence-electron chi connectivity index (χ3n) is 2.42. The maximum atomic E-state index is 12.8. The van der Waals surface area contributed by atoms with Gasteiger partial charge in [-0.3, -0.25) is 0 Å². The predicted octanol–water partition coefficient (Wildman–Crippen LogP) is 3.46. The number of aliphatic hydroxyl groups is 1. The molecule has 0 aliphatic carbocycles. The molecule has 0 aromatic rings. The second kappa shape index (κ2) is 6.75. The first kappa shape index (κ1) is 25.3. The molecule has 0 saturated carbocycles. The van der Waals surface area contributed by atoms with Crippen LogP contribution >= 0.6 is 0 Å². The second-order valence-electron chi connectivity index (χ2n) is 3.97. The zero-order valence-corrected chi connectivity index (χ0v) is 9.77. The van der Waals surface area contributed by atoms with Crippen LogP contribution in [0.1, 0.15) is 6.42 Å². The van der Waals surface area contributed by atoms with Gasteiger partial charge in [0.15, 0.2) is 0 Å². The fraction of sp³-hybridized carbons (Fsp3) is 1.00. The Balaban J connectivity index is 0. The summed E-state index contributed by atoms with van der Waals surface area (Å²) in [6.45, 7) is -1.96. The van der Waals surface area contributed by atoms with Crippen LogP contribution in [0, 0.1) is 0 Å². The number of aliphatic hydroxyl groups excluding tert-OH is 1. The quantitative estimate of drug-likeness (QED) is 0.546. The van der Waals surface area contributed by atoms with Gasteiger partial charge in [0.1, 0.15) is 0 Å². The van der Waals surface area contributed by atoms with E-state index in [1.165, 1.54) is 0 Å². The van der Waals surface area contributed by atoms with Crippen molar-refractivity contribution in [3.05, 3.63) is 0 Å². The Labute approximate surface area is 141 Å². The molecule has 0 aliphatic rings. The number of alkyl halides is 13. The van der Waals surface area contributed by atoms with Crippen molar-refractivity contribution < 1.29 is 62.2 Å². The third-order valence-corrected chi connectivity index (χ3v) is 2.42. The van der Waals surface area contributed by atoms with Crippen molar-refractivity contribution >= 4 is 29.6 Å². The van der Waals surface area contributed by atoms with E-state index >= 15 is 0 Å². The summed E-state index contributed by atoms with van der Waals surface area (Å²) in [6.07, 6.45) is -9.99. The van der Waals surface area contributed by atoms with Crippen molar-refractivity contribution in [3.63, 3.8) is 0 Å². The molecule has 1 N–H and O–H groups in total. The normalized spacial score (nSPS) is 15.4. The first-order valence-corrected chi connectivity index (χ1v) is 4.88. The standard InChI is InChI=1S/C8H5F13O.Na.H/c9-3(10,1-2-22)4(11,12)5(13,14)6(15,16)7(17,18)8(19,20)21;;/h22H,1-2H2;;.